The van der Waals surface area contributed by atoms with Crippen LogP contribution in [0.5, 0.6) is 0 Å². The van der Waals surface area contributed by atoms with Crippen LogP contribution in [0.1, 0.15) is 46.8 Å². The highest BCUT2D eigenvalue weighted by Crippen LogP contribution is 2.16. The Hall–Kier alpha value is -5.23. The van der Waals surface area contributed by atoms with Gasteiger partial charge >= 0.3 is 0 Å². The molecule has 3 atom stereocenters. The van der Waals surface area contributed by atoms with E-state index in [1.54, 1.807) is 84.9 Å². The summed E-state index contributed by atoms with van der Waals surface area (Å²) in [5.74, 6) is -2.47. The van der Waals surface area contributed by atoms with Gasteiger partial charge in [0.05, 0.1) is 5.69 Å². The molecule has 11 N–H and O–H groups in total. The molecule has 0 aliphatic carbocycles. The van der Waals surface area contributed by atoms with Crippen molar-refractivity contribution < 1.29 is 19.2 Å². The van der Waals surface area contributed by atoms with Crippen LogP contribution in [0.3, 0.4) is 0 Å². The minimum Gasteiger partial charge on any atom is -0.370 e. The van der Waals surface area contributed by atoms with Gasteiger partial charge in [-0.05, 0) is 61.2 Å². The molecule has 0 heterocycles. The van der Waals surface area contributed by atoms with Gasteiger partial charge in [0, 0.05) is 12.0 Å². The highest BCUT2D eigenvalue weighted by Gasteiger charge is 2.30. The van der Waals surface area contributed by atoms with Crippen LogP contribution in [0.15, 0.2) is 89.9 Å². The van der Waals surface area contributed by atoms with Crippen LogP contribution in [-0.2, 0) is 20.8 Å². The number of guanidine groups is 1. The third kappa shape index (κ3) is 10.3. The molecule has 0 unspecified atom stereocenters. The lowest BCUT2D eigenvalue weighted by atomic mass is 10.0. The predicted octanol–water partition coefficient (Wildman–Crippen LogP) is 0.889. The molecule has 0 aliphatic rings. The largest absolute Gasteiger partial charge is 0.370 e. The summed E-state index contributed by atoms with van der Waals surface area (Å²) in [5, 5.41) is 8.22. The molecule has 0 spiro atoms. The molecule has 0 saturated carbocycles. The number of hydrogen-bond donors (Lipinski definition) is 7. The zero-order chi connectivity index (χ0) is 31.2. The number of hydrogen-bond acceptors (Lipinski definition) is 6. The van der Waals surface area contributed by atoms with E-state index in [-0.39, 0.29) is 18.8 Å². The Balaban J connectivity index is 1.84. The van der Waals surface area contributed by atoms with Crippen LogP contribution in [0.2, 0.25) is 0 Å². The number of carbonyl (C=O) groups excluding carboxylic acids is 4. The number of nitrogens with zero attached hydrogens (tertiary/aromatic N) is 1. The minimum atomic E-state index is -1.10. The van der Waals surface area contributed by atoms with Gasteiger partial charge in [0.2, 0.25) is 17.7 Å². The van der Waals surface area contributed by atoms with Crippen molar-refractivity contribution in [2.24, 2.45) is 27.9 Å². The first kappa shape index (κ1) is 32.3. The predicted molar refractivity (Wildman–Crippen MR) is 165 cm³/mol. The molecule has 12 nitrogen and oxygen atoms in total. The Morgan fingerprint density at radius 3 is 1.88 bits per heavy atom. The number of aliphatic imine (C=N–C) groups is 1. The molecule has 0 saturated heterocycles. The molecule has 226 valence electrons. The third-order valence-electron chi connectivity index (χ3n) is 6.58. The summed E-state index contributed by atoms with van der Waals surface area (Å²) in [6, 6.07) is 20.7. The van der Waals surface area contributed by atoms with E-state index < -0.39 is 41.8 Å². The van der Waals surface area contributed by atoms with Crippen molar-refractivity contribution in [3.63, 3.8) is 0 Å². The molecule has 3 aromatic rings. The van der Waals surface area contributed by atoms with Gasteiger partial charge in [-0.1, -0.05) is 60.7 Å². The molecular formula is C31H38N8O4. The number of nitrogens with two attached hydrogens (primary N) is 4. The van der Waals surface area contributed by atoms with Crippen LogP contribution >= 0.6 is 0 Å². The standard InChI is InChI=1S/C31H38N8O4/c32-18-8-7-13-24(29(42)39-26(27(33)40)21-9-3-1-4-10-21)37-30(43)25(38-28(41)22-11-5-2-6-12-22)19-20-14-16-23(17-15-20)36-31(34)35/h1-6,9-12,14-17,24-26H,7-8,13,18-19,32H2,(H2,33,40)(H,37,43)(H,38,41)(H,39,42)(H4,34,35,36)/t24-,25-,26-/m0/s1. The van der Waals surface area contributed by atoms with E-state index in [0.29, 0.717) is 41.8 Å². The van der Waals surface area contributed by atoms with Crippen molar-refractivity contribution >= 4 is 35.3 Å². The Morgan fingerprint density at radius 2 is 1.30 bits per heavy atom. The topological polar surface area (TPSA) is 221 Å². The van der Waals surface area contributed by atoms with Crippen molar-refractivity contribution in [1.29, 1.82) is 0 Å². The van der Waals surface area contributed by atoms with Crippen molar-refractivity contribution in [1.82, 2.24) is 16.0 Å². The fourth-order valence-corrected chi connectivity index (χ4v) is 4.37. The number of nitrogens with one attached hydrogen (secondary N) is 3. The van der Waals surface area contributed by atoms with Crippen LogP contribution in [0, 0.1) is 0 Å². The van der Waals surface area contributed by atoms with E-state index in [1.165, 1.54) is 0 Å². The highest BCUT2D eigenvalue weighted by atomic mass is 16.2. The van der Waals surface area contributed by atoms with E-state index in [1.807, 2.05) is 0 Å². The summed E-state index contributed by atoms with van der Waals surface area (Å²) in [4.78, 5) is 56.4. The number of primary amides is 1. The maximum absolute atomic E-state index is 13.7. The maximum atomic E-state index is 13.7. The number of benzene rings is 3. The molecule has 43 heavy (non-hydrogen) atoms. The molecule has 12 heteroatoms. The fourth-order valence-electron chi connectivity index (χ4n) is 4.37. The Bertz CT molecular complexity index is 1390. The Labute approximate surface area is 250 Å². The zero-order valence-electron chi connectivity index (χ0n) is 23.7. The summed E-state index contributed by atoms with van der Waals surface area (Å²) in [7, 11) is 0. The normalized spacial score (nSPS) is 12.7. The lowest BCUT2D eigenvalue weighted by Gasteiger charge is -2.25. The van der Waals surface area contributed by atoms with E-state index in [2.05, 4.69) is 20.9 Å². The zero-order valence-corrected chi connectivity index (χ0v) is 23.7. The van der Waals surface area contributed by atoms with Gasteiger partial charge in [0.15, 0.2) is 5.96 Å². The number of carbonyl (C=O) groups is 4. The first-order valence-corrected chi connectivity index (χ1v) is 13.9. The summed E-state index contributed by atoms with van der Waals surface area (Å²) >= 11 is 0. The highest BCUT2D eigenvalue weighted by molar-refractivity contribution is 5.99. The van der Waals surface area contributed by atoms with E-state index >= 15 is 0 Å². The molecular weight excluding hydrogens is 548 g/mol. The molecule has 4 amide bonds. The van der Waals surface area contributed by atoms with Crippen LogP contribution in [0.4, 0.5) is 5.69 Å². The summed E-state index contributed by atoms with van der Waals surface area (Å²) in [6.07, 6.45) is 1.52. The first-order chi connectivity index (χ1) is 20.7. The minimum absolute atomic E-state index is 0.0927. The smallest absolute Gasteiger partial charge is 0.251 e. The van der Waals surface area contributed by atoms with Crippen molar-refractivity contribution in [3.8, 4) is 0 Å². The van der Waals surface area contributed by atoms with Gasteiger partial charge in [0.25, 0.3) is 5.91 Å². The Morgan fingerprint density at radius 1 is 0.698 bits per heavy atom. The van der Waals surface area contributed by atoms with Gasteiger partial charge in [-0.25, -0.2) is 4.99 Å². The fraction of sp³-hybridized carbons (Fsp3) is 0.258. The van der Waals surface area contributed by atoms with Gasteiger partial charge in [-0.2, -0.15) is 0 Å². The van der Waals surface area contributed by atoms with E-state index in [9.17, 15) is 19.2 Å². The molecule has 0 bridgehead atoms. The number of rotatable bonds is 15. The van der Waals surface area contributed by atoms with Crippen molar-refractivity contribution in [3.05, 3.63) is 102 Å². The second-order valence-corrected chi connectivity index (χ2v) is 9.90. The van der Waals surface area contributed by atoms with E-state index in [0.717, 1.165) is 0 Å². The molecule has 0 fully saturated rings. The lowest BCUT2D eigenvalue weighted by molar-refractivity contribution is -0.132. The lowest BCUT2D eigenvalue weighted by Crippen LogP contribution is -2.55. The van der Waals surface area contributed by atoms with Gasteiger partial charge in [0.1, 0.15) is 18.1 Å². The van der Waals surface area contributed by atoms with E-state index in [4.69, 9.17) is 22.9 Å². The summed E-state index contributed by atoms with van der Waals surface area (Å²) in [5.41, 5.74) is 24.3. The molecule has 0 radical (unpaired) electrons. The molecule has 3 rings (SSSR count). The third-order valence-corrected chi connectivity index (χ3v) is 6.58. The maximum Gasteiger partial charge on any atom is 0.251 e. The average molecular weight is 587 g/mol. The van der Waals surface area contributed by atoms with Gasteiger partial charge in [-0.3, -0.25) is 19.2 Å². The van der Waals surface area contributed by atoms with Crippen molar-refractivity contribution in [2.45, 2.75) is 43.8 Å². The average Bonchev–Trinajstić information content (AvgIpc) is 3.00. The molecule has 0 aromatic heterocycles. The van der Waals surface area contributed by atoms with Crippen LogP contribution < -0.4 is 38.9 Å². The second-order valence-electron chi connectivity index (χ2n) is 9.90. The Kier molecular flexibility index (Phi) is 12.2. The molecule has 0 aliphatic heterocycles. The summed E-state index contributed by atoms with van der Waals surface area (Å²) < 4.78 is 0. The molecule has 3 aromatic carbocycles. The van der Waals surface area contributed by atoms with Crippen LogP contribution in [0.25, 0.3) is 0 Å². The summed E-state index contributed by atoms with van der Waals surface area (Å²) in [6.45, 7) is 0.405. The van der Waals surface area contributed by atoms with Crippen molar-refractivity contribution in [2.75, 3.05) is 6.54 Å². The SMILES string of the molecule is NCCCC[C@H](NC(=O)[C@H](Cc1ccc(N=C(N)N)cc1)NC(=O)c1ccccc1)C(=O)N[C@H](C(N)=O)c1ccccc1. The van der Waals surface area contributed by atoms with Gasteiger partial charge in [-0.15, -0.1) is 0 Å². The first-order valence-electron chi connectivity index (χ1n) is 13.9. The number of unbranched alkanes of at least 4 members (excludes halogenated alkanes) is 1. The second kappa shape index (κ2) is 16.3. The quantitative estimate of drug-likeness (QED) is 0.0773. The number of amides is 4. The van der Waals surface area contributed by atoms with Gasteiger partial charge < -0.3 is 38.9 Å². The van der Waals surface area contributed by atoms with Crippen LogP contribution in [-0.4, -0.2) is 48.2 Å². The monoisotopic (exact) mass is 586 g/mol.